The second-order valence-electron chi connectivity index (χ2n) is 7.51. The molecule has 6 nitrogen and oxygen atoms in total. The van der Waals surface area contributed by atoms with Crippen molar-refractivity contribution in [2.75, 3.05) is 53.0 Å². The number of rotatable bonds is 8. The van der Waals surface area contributed by atoms with Gasteiger partial charge in [-0.2, -0.15) is 0 Å². The van der Waals surface area contributed by atoms with Crippen LogP contribution in [-0.2, 0) is 9.47 Å². The zero-order chi connectivity index (χ0) is 19.1. The summed E-state index contributed by atoms with van der Waals surface area (Å²) in [6.07, 6.45) is 7.60. The highest BCUT2D eigenvalue weighted by Crippen LogP contribution is 2.22. The van der Waals surface area contributed by atoms with E-state index in [1.54, 1.807) is 25.6 Å². The Kier molecular flexibility index (Phi) is 7.88. The Morgan fingerprint density at radius 2 is 2.15 bits per heavy atom. The molecule has 27 heavy (non-hydrogen) atoms. The molecule has 1 amide bonds. The molecule has 0 unspecified atom stereocenters. The van der Waals surface area contributed by atoms with Crippen LogP contribution in [0, 0.1) is 5.92 Å². The first-order valence-corrected chi connectivity index (χ1v) is 10.3. The van der Waals surface area contributed by atoms with Crippen LogP contribution in [0.25, 0.3) is 0 Å². The predicted molar refractivity (Wildman–Crippen MR) is 105 cm³/mol. The van der Waals surface area contributed by atoms with Crippen LogP contribution >= 0.6 is 11.6 Å². The van der Waals surface area contributed by atoms with Crippen LogP contribution in [-0.4, -0.2) is 79.8 Å². The zero-order valence-corrected chi connectivity index (χ0v) is 16.9. The van der Waals surface area contributed by atoms with Crippen molar-refractivity contribution in [1.29, 1.82) is 0 Å². The molecule has 2 fully saturated rings. The van der Waals surface area contributed by atoms with Gasteiger partial charge in [0.2, 0.25) is 0 Å². The Hall–Kier alpha value is -1.21. The zero-order valence-electron chi connectivity index (χ0n) is 16.1. The van der Waals surface area contributed by atoms with Crippen LogP contribution in [0.3, 0.4) is 0 Å². The number of carbonyl (C=O) groups is 1. The third-order valence-corrected chi connectivity index (χ3v) is 5.69. The Labute approximate surface area is 166 Å². The van der Waals surface area contributed by atoms with Gasteiger partial charge in [-0.05, 0) is 50.8 Å². The van der Waals surface area contributed by atoms with E-state index in [1.807, 2.05) is 4.90 Å². The maximum atomic E-state index is 13.1. The highest BCUT2D eigenvalue weighted by Gasteiger charge is 2.28. The Morgan fingerprint density at radius 1 is 1.33 bits per heavy atom. The summed E-state index contributed by atoms with van der Waals surface area (Å²) in [6, 6.07) is 1.70. The number of amides is 1. The van der Waals surface area contributed by atoms with Crippen molar-refractivity contribution < 1.29 is 14.3 Å². The van der Waals surface area contributed by atoms with Gasteiger partial charge in [0.15, 0.2) is 0 Å². The number of hydrogen-bond donors (Lipinski definition) is 0. The van der Waals surface area contributed by atoms with Gasteiger partial charge < -0.3 is 19.3 Å². The lowest BCUT2D eigenvalue weighted by molar-refractivity contribution is 0.0436. The van der Waals surface area contributed by atoms with Gasteiger partial charge in [0.25, 0.3) is 5.91 Å². The predicted octanol–water partition coefficient (Wildman–Crippen LogP) is 2.71. The summed E-state index contributed by atoms with van der Waals surface area (Å²) < 4.78 is 11.0. The van der Waals surface area contributed by atoms with Crippen molar-refractivity contribution in [3.8, 4) is 0 Å². The fourth-order valence-electron chi connectivity index (χ4n) is 3.91. The third kappa shape index (κ3) is 6.14. The molecule has 150 valence electrons. The summed E-state index contributed by atoms with van der Waals surface area (Å²) >= 11 is 6.04. The number of nitrogens with zero attached hydrogens (tertiary/aromatic N) is 3. The normalized spacial score (nSPS) is 21.5. The van der Waals surface area contributed by atoms with Crippen molar-refractivity contribution in [2.24, 2.45) is 5.92 Å². The number of piperidine rings is 1. The van der Waals surface area contributed by atoms with Gasteiger partial charge in [-0.3, -0.25) is 9.78 Å². The van der Waals surface area contributed by atoms with Crippen molar-refractivity contribution in [2.45, 2.75) is 31.8 Å². The summed E-state index contributed by atoms with van der Waals surface area (Å²) in [7, 11) is 1.74. The number of ether oxygens (including phenoxy) is 2. The van der Waals surface area contributed by atoms with E-state index in [2.05, 4.69) is 9.88 Å². The van der Waals surface area contributed by atoms with Gasteiger partial charge in [0.05, 0.1) is 23.3 Å². The number of aromatic nitrogens is 1. The van der Waals surface area contributed by atoms with Crippen molar-refractivity contribution in [3.05, 3.63) is 29.0 Å². The smallest absolute Gasteiger partial charge is 0.255 e. The van der Waals surface area contributed by atoms with E-state index in [0.29, 0.717) is 23.0 Å². The number of methoxy groups -OCH3 is 1. The molecule has 3 rings (SSSR count). The second kappa shape index (κ2) is 10.4. The van der Waals surface area contributed by atoms with Crippen molar-refractivity contribution >= 4 is 17.5 Å². The van der Waals surface area contributed by atoms with Crippen LogP contribution in [0.4, 0.5) is 0 Å². The van der Waals surface area contributed by atoms with Crippen LogP contribution < -0.4 is 0 Å². The SMILES string of the molecule is COCCN1CCC(CN(C[C@@H]2CCCO2)C(=O)c2cncc(Cl)c2)CC1. The Morgan fingerprint density at radius 3 is 2.81 bits per heavy atom. The van der Waals surface area contributed by atoms with Crippen molar-refractivity contribution in [3.63, 3.8) is 0 Å². The van der Waals surface area contributed by atoms with Gasteiger partial charge in [-0.25, -0.2) is 0 Å². The molecule has 2 aliphatic heterocycles. The summed E-state index contributed by atoms with van der Waals surface area (Å²) in [5, 5.41) is 0.490. The summed E-state index contributed by atoms with van der Waals surface area (Å²) in [5.41, 5.74) is 0.554. The molecule has 0 radical (unpaired) electrons. The maximum absolute atomic E-state index is 13.1. The van der Waals surface area contributed by atoms with E-state index in [-0.39, 0.29) is 12.0 Å². The topological polar surface area (TPSA) is 54.9 Å². The number of carbonyl (C=O) groups excluding carboxylic acids is 1. The van der Waals surface area contributed by atoms with Crippen LogP contribution in [0.5, 0.6) is 0 Å². The fourth-order valence-corrected chi connectivity index (χ4v) is 4.08. The number of likely N-dealkylation sites (tertiary alicyclic amines) is 1. The van der Waals surface area contributed by atoms with E-state index in [1.165, 1.54) is 0 Å². The van der Waals surface area contributed by atoms with E-state index in [9.17, 15) is 4.79 Å². The third-order valence-electron chi connectivity index (χ3n) is 5.48. The van der Waals surface area contributed by atoms with E-state index in [4.69, 9.17) is 21.1 Å². The Bertz CT molecular complexity index is 602. The van der Waals surface area contributed by atoms with E-state index < -0.39 is 0 Å². The van der Waals surface area contributed by atoms with Crippen LogP contribution in [0.2, 0.25) is 5.02 Å². The molecular weight excluding hydrogens is 366 g/mol. The fraction of sp³-hybridized carbons (Fsp3) is 0.700. The van der Waals surface area contributed by atoms with Gasteiger partial charge in [0, 0.05) is 45.7 Å². The lowest BCUT2D eigenvalue weighted by Crippen LogP contribution is -2.44. The summed E-state index contributed by atoms with van der Waals surface area (Å²) in [5.74, 6) is 0.517. The molecule has 0 bridgehead atoms. The van der Waals surface area contributed by atoms with E-state index >= 15 is 0 Å². The molecule has 2 saturated heterocycles. The van der Waals surface area contributed by atoms with Gasteiger partial charge in [-0.1, -0.05) is 11.6 Å². The van der Waals surface area contributed by atoms with Gasteiger partial charge >= 0.3 is 0 Å². The largest absolute Gasteiger partial charge is 0.383 e. The first kappa shape index (κ1) is 20.5. The quantitative estimate of drug-likeness (QED) is 0.677. The molecule has 0 aliphatic carbocycles. The van der Waals surface area contributed by atoms with E-state index in [0.717, 1.165) is 65.1 Å². The summed E-state index contributed by atoms with van der Waals surface area (Å²) in [6.45, 7) is 6.09. The number of halogens is 1. The average molecular weight is 396 g/mol. The molecule has 0 spiro atoms. The molecule has 7 heteroatoms. The summed E-state index contributed by atoms with van der Waals surface area (Å²) in [4.78, 5) is 21.6. The molecule has 2 aliphatic rings. The minimum atomic E-state index is 0.00214. The minimum absolute atomic E-state index is 0.00214. The lowest BCUT2D eigenvalue weighted by Gasteiger charge is -2.35. The molecule has 0 aromatic carbocycles. The monoisotopic (exact) mass is 395 g/mol. The standard InChI is InChI=1S/C20H30ClN3O3/c1-26-10-8-23-6-4-16(5-7-23)14-24(15-19-3-2-9-27-19)20(25)17-11-18(21)13-22-12-17/h11-13,16,19H,2-10,14-15H2,1H3/t19-/m0/s1. The molecule has 0 N–H and O–H groups in total. The molecule has 1 atom stereocenters. The minimum Gasteiger partial charge on any atom is -0.383 e. The van der Waals surface area contributed by atoms with Gasteiger partial charge in [0.1, 0.15) is 0 Å². The highest BCUT2D eigenvalue weighted by molar-refractivity contribution is 6.30. The first-order chi connectivity index (χ1) is 13.2. The Balaban J connectivity index is 1.61. The van der Waals surface area contributed by atoms with Crippen molar-refractivity contribution in [1.82, 2.24) is 14.8 Å². The maximum Gasteiger partial charge on any atom is 0.255 e. The molecule has 1 aromatic rings. The first-order valence-electron chi connectivity index (χ1n) is 9.88. The lowest BCUT2D eigenvalue weighted by atomic mass is 9.95. The highest BCUT2D eigenvalue weighted by atomic mass is 35.5. The average Bonchev–Trinajstić information content (AvgIpc) is 3.19. The second-order valence-corrected chi connectivity index (χ2v) is 7.95. The molecule has 1 aromatic heterocycles. The number of pyridine rings is 1. The molecular formula is C20H30ClN3O3. The molecule has 0 saturated carbocycles. The molecule has 3 heterocycles. The number of hydrogen-bond acceptors (Lipinski definition) is 5. The van der Waals surface area contributed by atoms with Gasteiger partial charge in [-0.15, -0.1) is 0 Å². The van der Waals surface area contributed by atoms with Crippen LogP contribution in [0.15, 0.2) is 18.5 Å². The van der Waals surface area contributed by atoms with Crippen LogP contribution in [0.1, 0.15) is 36.0 Å².